The van der Waals surface area contributed by atoms with Crippen molar-refractivity contribution in [1.82, 2.24) is 15.2 Å². The second kappa shape index (κ2) is 9.00. The van der Waals surface area contributed by atoms with Crippen LogP contribution in [-0.4, -0.2) is 47.3 Å². The summed E-state index contributed by atoms with van der Waals surface area (Å²) in [6.07, 6.45) is 1.09. The third-order valence-electron chi connectivity index (χ3n) is 6.42. The molecule has 1 aliphatic heterocycles. The van der Waals surface area contributed by atoms with E-state index in [1.54, 1.807) is 11.0 Å². The van der Waals surface area contributed by atoms with Gasteiger partial charge in [0.15, 0.2) is 0 Å². The minimum atomic E-state index is -0.572. The van der Waals surface area contributed by atoms with Crippen LogP contribution in [0.4, 0.5) is 14.0 Å². The summed E-state index contributed by atoms with van der Waals surface area (Å²) < 4.78 is 24.4. The number of carbonyl (C=O) groups is 2. The summed E-state index contributed by atoms with van der Waals surface area (Å²) in [5, 5.41) is 2.88. The second-order valence-corrected chi connectivity index (χ2v) is 9.75. The summed E-state index contributed by atoms with van der Waals surface area (Å²) in [6, 6.07) is 12.5. The van der Waals surface area contributed by atoms with Gasteiger partial charge in [0.05, 0.1) is 6.20 Å². The van der Waals surface area contributed by atoms with Crippen molar-refractivity contribution >= 4 is 12.2 Å². The number of amides is 2. The highest BCUT2D eigenvalue weighted by molar-refractivity contribution is 5.69. The van der Waals surface area contributed by atoms with Crippen molar-refractivity contribution in [3.05, 3.63) is 65.7 Å². The third-order valence-corrected chi connectivity index (χ3v) is 6.42. The van der Waals surface area contributed by atoms with E-state index in [0.717, 1.165) is 12.0 Å². The number of alkyl carbamates (subject to hydrolysis) is 1. The molecule has 33 heavy (non-hydrogen) atoms. The lowest BCUT2D eigenvalue weighted by molar-refractivity contribution is 0.0206. The number of rotatable bonds is 5. The smallest absolute Gasteiger partial charge is 0.410 e. The van der Waals surface area contributed by atoms with E-state index >= 15 is 0 Å². The van der Waals surface area contributed by atoms with Crippen LogP contribution in [0.3, 0.4) is 0 Å². The van der Waals surface area contributed by atoms with E-state index < -0.39 is 22.9 Å². The number of nitrogens with one attached hydrogen (secondary N) is 1. The van der Waals surface area contributed by atoms with Gasteiger partial charge >= 0.3 is 12.2 Å². The number of piperidine rings is 1. The van der Waals surface area contributed by atoms with Crippen LogP contribution in [0.1, 0.15) is 38.4 Å². The van der Waals surface area contributed by atoms with Crippen LogP contribution in [0, 0.1) is 17.7 Å². The number of hydrogen-bond donors (Lipinski definition) is 1. The zero-order chi connectivity index (χ0) is 23.6. The molecule has 1 aromatic heterocycles. The van der Waals surface area contributed by atoms with Crippen molar-refractivity contribution in [3.63, 3.8) is 0 Å². The van der Waals surface area contributed by atoms with E-state index in [9.17, 15) is 14.0 Å². The van der Waals surface area contributed by atoms with Gasteiger partial charge in [0, 0.05) is 30.7 Å². The molecular weight excluding hydrogens is 425 g/mol. The molecule has 3 atom stereocenters. The highest BCUT2D eigenvalue weighted by atomic mass is 19.1. The number of likely N-dealkylation sites (tertiary alicyclic amines) is 1. The van der Waals surface area contributed by atoms with Crippen LogP contribution in [0.5, 0.6) is 0 Å². The Kier molecular flexibility index (Phi) is 6.28. The zero-order valence-corrected chi connectivity index (χ0v) is 19.2. The molecule has 0 radical (unpaired) electrons. The SMILES string of the molecule is CC(C)(C)OC(=O)N1CCC2C(C1)C2(CNC(=O)OCc1ccccc1)c1ccc(F)cn1. The Morgan fingerprint density at radius 3 is 2.61 bits per heavy atom. The lowest BCUT2D eigenvalue weighted by atomic mass is 9.95. The fourth-order valence-corrected chi connectivity index (χ4v) is 4.85. The average molecular weight is 456 g/mol. The van der Waals surface area contributed by atoms with Crippen LogP contribution in [-0.2, 0) is 21.5 Å². The normalized spacial score (nSPS) is 23.9. The average Bonchev–Trinajstić information content (AvgIpc) is 3.44. The first-order chi connectivity index (χ1) is 15.7. The Morgan fingerprint density at radius 2 is 1.94 bits per heavy atom. The number of ether oxygens (including phenoxy) is 2. The molecule has 4 rings (SSSR count). The number of carbonyl (C=O) groups excluding carboxylic acids is 2. The van der Waals surface area contributed by atoms with Crippen molar-refractivity contribution < 1.29 is 23.5 Å². The number of hydrogen-bond acceptors (Lipinski definition) is 5. The van der Waals surface area contributed by atoms with Gasteiger partial charge in [-0.25, -0.2) is 14.0 Å². The molecule has 1 aromatic carbocycles. The van der Waals surface area contributed by atoms with E-state index in [1.807, 2.05) is 51.1 Å². The van der Waals surface area contributed by atoms with Gasteiger partial charge in [0.2, 0.25) is 0 Å². The maximum Gasteiger partial charge on any atom is 0.410 e. The standard InChI is InChI=1S/C25H30FN3O4/c1-24(2,3)33-23(31)29-12-11-19-20(14-29)25(19,21-10-9-18(26)13-27-21)16-28-22(30)32-15-17-7-5-4-6-8-17/h4-10,13,19-20H,11-12,14-16H2,1-3H3,(H,28,30). The summed E-state index contributed by atoms with van der Waals surface area (Å²) >= 11 is 0. The predicted molar refractivity (Wildman–Crippen MR) is 120 cm³/mol. The van der Waals surface area contributed by atoms with Crippen LogP contribution < -0.4 is 5.32 Å². The molecule has 1 N–H and O–H groups in total. The van der Waals surface area contributed by atoms with E-state index in [4.69, 9.17) is 9.47 Å². The zero-order valence-electron chi connectivity index (χ0n) is 19.2. The highest BCUT2D eigenvalue weighted by Gasteiger charge is 2.67. The van der Waals surface area contributed by atoms with Crippen LogP contribution in [0.15, 0.2) is 48.7 Å². The Labute approximate surface area is 193 Å². The van der Waals surface area contributed by atoms with Crippen molar-refractivity contribution in [2.24, 2.45) is 11.8 Å². The molecule has 2 heterocycles. The summed E-state index contributed by atoms with van der Waals surface area (Å²) in [6.45, 7) is 7.06. The summed E-state index contributed by atoms with van der Waals surface area (Å²) in [5.41, 5.74) is 0.567. The third kappa shape index (κ3) is 5.10. The second-order valence-electron chi connectivity index (χ2n) is 9.75. The number of nitrogens with zero attached hydrogens (tertiary/aromatic N) is 2. The maximum atomic E-state index is 13.5. The topological polar surface area (TPSA) is 80.8 Å². The van der Waals surface area contributed by atoms with Gasteiger partial charge in [-0.1, -0.05) is 30.3 Å². The van der Waals surface area contributed by atoms with E-state index in [-0.39, 0.29) is 24.5 Å². The van der Waals surface area contributed by atoms with Gasteiger partial charge in [0.1, 0.15) is 18.0 Å². The molecule has 1 saturated carbocycles. The largest absolute Gasteiger partial charge is 0.445 e. The highest BCUT2D eigenvalue weighted by Crippen LogP contribution is 2.62. The van der Waals surface area contributed by atoms with Crippen molar-refractivity contribution in [2.45, 2.75) is 44.8 Å². The minimum absolute atomic E-state index is 0.0890. The first-order valence-electron chi connectivity index (χ1n) is 11.2. The molecule has 8 heteroatoms. The first kappa shape index (κ1) is 23.0. The number of aromatic nitrogens is 1. The van der Waals surface area contributed by atoms with Crippen molar-refractivity contribution in [1.29, 1.82) is 0 Å². The maximum absolute atomic E-state index is 13.5. The number of pyridine rings is 1. The lowest BCUT2D eigenvalue weighted by Crippen LogP contribution is -2.41. The number of fused-ring (bicyclic) bond motifs is 1. The number of halogens is 1. The Morgan fingerprint density at radius 1 is 1.18 bits per heavy atom. The minimum Gasteiger partial charge on any atom is -0.445 e. The van der Waals surface area contributed by atoms with Gasteiger partial charge in [-0.15, -0.1) is 0 Å². The molecule has 3 unspecified atom stereocenters. The molecule has 0 bridgehead atoms. The Balaban J connectivity index is 1.44. The van der Waals surface area contributed by atoms with Gasteiger partial charge < -0.3 is 19.7 Å². The van der Waals surface area contributed by atoms with E-state index in [0.29, 0.717) is 25.3 Å². The summed E-state index contributed by atoms with van der Waals surface area (Å²) in [5.74, 6) is -0.0992. The molecule has 176 valence electrons. The van der Waals surface area contributed by atoms with Gasteiger partial charge in [0.25, 0.3) is 0 Å². The van der Waals surface area contributed by atoms with Crippen molar-refractivity contribution in [3.8, 4) is 0 Å². The van der Waals surface area contributed by atoms with Gasteiger partial charge in [-0.2, -0.15) is 0 Å². The lowest BCUT2D eigenvalue weighted by Gasteiger charge is -2.29. The molecule has 2 aromatic rings. The Bertz CT molecular complexity index is 993. The van der Waals surface area contributed by atoms with Crippen LogP contribution >= 0.6 is 0 Å². The predicted octanol–water partition coefficient (Wildman–Crippen LogP) is 4.27. The molecule has 2 fully saturated rings. The Hall–Kier alpha value is -3.16. The molecule has 7 nitrogen and oxygen atoms in total. The first-order valence-corrected chi connectivity index (χ1v) is 11.2. The van der Waals surface area contributed by atoms with Crippen LogP contribution in [0.2, 0.25) is 0 Å². The fourth-order valence-electron chi connectivity index (χ4n) is 4.85. The molecule has 1 saturated heterocycles. The molecule has 2 aliphatic rings. The van der Waals surface area contributed by atoms with Crippen LogP contribution in [0.25, 0.3) is 0 Å². The quantitative estimate of drug-likeness (QED) is 0.728. The molecular formula is C25H30FN3O4. The van der Waals surface area contributed by atoms with E-state index in [1.165, 1.54) is 12.3 Å². The molecule has 1 aliphatic carbocycles. The van der Waals surface area contributed by atoms with Gasteiger partial charge in [-0.3, -0.25) is 4.98 Å². The monoisotopic (exact) mass is 455 g/mol. The fraction of sp³-hybridized carbons (Fsp3) is 0.480. The van der Waals surface area contributed by atoms with Gasteiger partial charge in [-0.05, 0) is 56.7 Å². The molecule has 0 spiro atoms. The number of benzene rings is 1. The van der Waals surface area contributed by atoms with E-state index in [2.05, 4.69) is 10.3 Å². The summed E-state index contributed by atoms with van der Waals surface area (Å²) in [4.78, 5) is 31.1. The van der Waals surface area contributed by atoms with Crippen molar-refractivity contribution in [2.75, 3.05) is 19.6 Å². The summed E-state index contributed by atoms with van der Waals surface area (Å²) in [7, 11) is 0. The molecule has 2 amide bonds.